The fraction of sp³-hybridized carbons (Fsp3) is 0.125. The predicted molar refractivity (Wildman–Crippen MR) is 87.1 cm³/mol. The number of benzene rings is 2. The molecule has 0 aliphatic carbocycles. The minimum Gasteiger partial charge on any atom is -0.274 e. The van der Waals surface area contributed by atoms with Crippen LogP contribution in [0, 0.1) is 12.7 Å². The molecule has 0 saturated carbocycles. The quantitative estimate of drug-likeness (QED) is 0.650. The molecule has 0 unspecified atom stereocenters. The lowest BCUT2D eigenvalue weighted by molar-refractivity contribution is 0.627. The molecule has 1 heterocycles. The number of rotatable bonds is 4. The molecule has 3 nitrogen and oxygen atoms in total. The monoisotopic (exact) mass is 333 g/mol. The molecule has 0 saturated heterocycles. The normalized spacial score (nSPS) is 10.9. The largest absolute Gasteiger partial charge is 0.274 e. The Bertz CT molecular complexity index is 789. The summed E-state index contributed by atoms with van der Waals surface area (Å²) in [5.41, 5.74) is 1.88. The summed E-state index contributed by atoms with van der Waals surface area (Å²) in [5, 5.41) is 9.56. The maximum absolute atomic E-state index is 13.1. The van der Waals surface area contributed by atoms with E-state index in [1.54, 1.807) is 6.07 Å². The molecule has 0 radical (unpaired) electrons. The summed E-state index contributed by atoms with van der Waals surface area (Å²) in [5.74, 6) is 1.09. The predicted octanol–water partition coefficient (Wildman–Crippen LogP) is 4.66. The van der Waals surface area contributed by atoms with E-state index in [0.29, 0.717) is 10.8 Å². The van der Waals surface area contributed by atoms with Gasteiger partial charge in [0.05, 0.1) is 0 Å². The maximum atomic E-state index is 13.1. The maximum Gasteiger partial charge on any atom is 0.196 e. The van der Waals surface area contributed by atoms with Crippen molar-refractivity contribution in [2.24, 2.45) is 0 Å². The molecule has 3 rings (SSSR count). The van der Waals surface area contributed by atoms with Crippen molar-refractivity contribution in [3.05, 3.63) is 70.8 Å². The minimum atomic E-state index is -0.331. The molecule has 0 amide bonds. The molecule has 0 aliphatic rings. The van der Waals surface area contributed by atoms with E-state index in [-0.39, 0.29) is 5.82 Å². The lowest BCUT2D eigenvalue weighted by Crippen LogP contribution is -1.99. The summed E-state index contributed by atoms with van der Waals surface area (Å²) in [6.45, 7) is 1.91. The van der Waals surface area contributed by atoms with Crippen LogP contribution >= 0.6 is 23.4 Å². The van der Waals surface area contributed by atoms with Crippen LogP contribution in [0.4, 0.5) is 4.39 Å². The Kier molecular flexibility index (Phi) is 4.45. The van der Waals surface area contributed by atoms with E-state index in [2.05, 4.69) is 10.2 Å². The zero-order valence-corrected chi connectivity index (χ0v) is 13.4. The topological polar surface area (TPSA) is 30.7 Å². The number of aryl methyl sites for hydroxylation is 1. The summed E-state index contributed by atoms with van der Waals surface area (Å²) in [6, 6.07) is 14.4. The van der Waals surface area contributed by atoms with Crippen molar-refractivity contribution in [1.82, 2.24) is 14.8 Å². The van der Waals surface area contributed by atoms with Crippen LogP contribution in [-0.2, 0) is 5.75 Å². The van der Waals surface area contributed by atoms with Crippen molar-refractivity contribution in [2.75, 3.05) is 0 Å². The van der Waals surface area contributed by atoms with Crippen molar-refractivity contribution in [1.29, 1.82) is 0 Å². The number of nitrogens with zero attached hydrogens (tertiary/aromatic N) is 3. The average molecular weight is 334 g/mol. The van der Waals surface area contributed by atoms with Crippen LogP contribution in [0.2, 0.25) is 5.02 Å². The van der Waals surface area contributed by atoms with Crippen LogP contribution < -0.4 is 0 Å². The Morgan fingerprint density at radius 3 is 2.64 bits per heavy atom. The summed E-state index contributed by atoms with van der Waals surface area (Å²) in [7, 11) is 0. The van der Waals surface area contributed by atoms with E-state index < -0.39 is 0 Å². The van der Waals surface area contributed by atoms with Crippen LogP contribution in [0.1, 0.15) is 11.4 Å². The summed E-state index contributed by atoms with van der Waals surface area (Å²) >= 11 is 7.58. The molecule has 112 valence electrons. The number of hydrogen-bond donors (Lipinski definition) is 0. The molecular formula is C16H13ClFN3S. The van der Waals surface area contributed by atoms with Gasteiger partial charge in [-0.2, -0.15) is 0 Å². The molecule has 0 spiro atoms. The Morgan fingerprint density at radius 2 is 1.91 bits per heavy atom. The van der Waals surface area contributed by atoms with Gasteiger partial charge in [-0.1, -0.05) is 47.6 Å². The second-order valence-corrected chi connectivity index (χ2v) is 6.07. The number of para-hydroxylation sites is 1. The first-order valence-corrected chi connectivity index (χ1v) is 8.05. The fourth-order valence-electron chi connectivity index (χ4n) is 2.09. The zero-order chi connectivity index (χ0) is 15.5. The Morgan fingerprint density at radius 1 is 1.14 bits per heavy atom. The third-order valence-corrected chi connectivity index (χ3v) is 4.51. The highest BCUT2D eigenvalue weighted by molar-refractivity contribution is 7.98. The van der Waals surface area contributed by atoms with Crippen LogP contribution in [0.5, 0.6) is 0 Å². The van der Waals surface area contributed by atoms with Gasteiger partial charge in [-0.15, -0.1) is 10.2 Å². The highest BCUT2D eigenvalue weighted by atomic mass is 35.5. The minimum absolute atomic E-state index is 0.331. The van der Waals surface area contributed by atoms with E-state index in [0.717, 1.165) is 22.2 Å². The number of halogens is 2. The summed E-state index contributed by atoms with van der Waals surface area (Å²) in [4.78, 5) is 0. The lowest BCUT2D eigenvalue weighted by atomic mass is 10.2. The first-order chi connectivity index (χ1) is 10.6. The fourth-order valence-corrected chi connectivity index (χ4v) is 3.41. The SMILES string of the molecule is Cc1nnc(SCc2ccc(F)cc2Cl)n1-c1ccccc1. The molecule has 0 N–H and O–H groups in total. The van der Waals surface area contributed by atoms with Crippen LogP contribution in [0.3, 0.4) is 0 Å². The van der Waals surface area contributed by atoms with Gasteiger partial charge >= 0.3 is 0 Å². The first-order valence-electron chi connectivity index (χ1n) is 6.69. The lowest BCUT2D eigenvalue weighted by Gasteiger charge is -2.08. The van der Waals surface area contributed by atoms with Gasteiger partial charge < -0.3 is 0 Å². The van der Waals surface area contributed by atoms with Gasteiger partial charge in [-0.25, -0.2) is 4.39 Å². The molecule has 6 heteroatoms. The van der Waals surface area contributed by atoms with E-state index in [1.807, 2.05) is 41.8 Å². The molecule has 2 aromatic carbocycles. The van der Waals surface area contributed by atoms with E-state index >= 15 is 0 Å². The third-order valence-electron chi connectivity index (χ3n) is 3.18. The second kappa shape index (κ2) is 6.50. The molecule has 1 aromatic heterocycles. The Hall–Kier alpha value is -1.85. The van der Waals surface area contributed by atoms with Gasteiger partial charge in [0, 0.05) is 16.5 Å². The summed E-state index contributed by atoms with van der Waals surface area (Å²) < 4.78 is 15.1. The average Bonchev–Trinajstić information content (AvgIpc) is 2.88. The molecular weight excluding hydrogens is 321 g/mol. The van der Waals surface area contributed by atoms with Crippen molar-refractivity contribution < 1.29 is 4.39 Å². The van der Waals surface area contributed by atoms with E-state index in [1.165, 1.54) is 23.9 Å². The van der Waals surface area contributed by atoms with Crippen LogP contribution in [0.15, 0.2) is 53.7 Å². The van der Waals surface area contributed by atoms with Gasteiger partial charge in [0.15, 0.2) is 5.16 Å². The molecule has 0 aliphatic heterocycles. The van der Waals surface area contributed by atoms with Crippen LogP contribution in [0.25, 0.3) is 5.69 Å². The van der Waals surface area contributed by atoms with Crippen molar-refractivity contribution in [2.45, 2.75) is 17.8 Å². The number of hydrogen-bond acceptors (Lipinski definition) is 3. The van der Waals surface area contributed by atoms with E-state index in [9.17, 15) is 4.39 Å². The second-order valence-electron chi connectivity index (χ2n) is 4.73. The van der Waals surface area contributed by atoms with Gasteiger partial charge in [0.25, 0.3) is 0 Å². The highest BCUT2D eigenvalue weighted by Gasteiger charge is 2.12. The number of aromatic nitrogens is 3. The van der Waals surface area contributed by atoms with Gasteiger partial charge in [-0.3, -0.25) is 4.57 Å². The summed E-state index contributed by atoms with van der Waals surface area (Å²) in [6.07, 6.45) is 0. The highest BCUT2D eigenvalue weighted by Crippen LogP contribution is 2.28. The zero-order valence-electron chi connectivity index (χ0n) is 11.8. The van der Waals surface area contributed by atoms with Crippen molar-refractivity contribution in [3.8, 4) is 5.69 Å². The van der Waals surface area contributed by atoms with Crippen molar-refractivity contribution >= 4 is 23.4 Å². The molecule has 22 heavy (non-hydrogen) atoms. The van der Waals surface area contributed by atoms with Gasteiger partial charge in [-0.05, 0) is 36.8 Å². The van der Waals surface area contributed by atoms with Crippen molar-refractivity contribution in [3.63, 3.8) is 0 Å². The third kappa shape index (κ3) is 3.15. The first kappa shape index (κ1) is 15.1. The number of thioether (sulfide) groups is 1. The van der Waals surface area contributed by atoms with Gasteiger partial charge in [0.2, 0.25) is 0 Å². The molecule has 0 fully saturated rings. The van der Waals surface area contributed by atoms with Gasteiger partial charge in [0.1, 0.15) is 11.6 Å². The molecule has 0 bridgehead atoms. The smallest absolute Gasteiger partial charge is 0.196 e. The van der Waals surface area contributed by atoms with Crippen LogP contribution in [-0.4, -0.2) is 14.8 Å². The van der Waals surface area contributed by atoms with E-state index in [4.69, 9.17) is 11.6 Å². The Labute approximate surface area is 137 Å². The molecule has 3 aromatic rings. The standard InChI is InChI=1S/C16H13ClFN3S/c1-11-19-20-16(21(11)14-5-3-2-4-6-14)22-10-12-7-8-13(18)9-15(12)17/h2-9H,10H2,1H3. The molecule has 0 atom stereocenters. The Balaban J connectivity index is 1.85.